The van der Waals surface area contributed by atoms with Crippen LogP contribution in [0.2, 0.25) is 0 Å². The Morgan fingerprint density at radius 3 is 2.41 bits per heavy atom. The Morgan fingerprint density at radius 1 is 1.12 bits per heavy atom. The SMILES string of the molecule is CN(Cc1ccccc1)C(=O)Cn1cccc1. The molecule has 0 saturated carbocycles. The molecule has 17 heavy (non-hydrogen) atoms. The van der Waals surface area contributed by atoms with Crippen molar-refractivity contribution in [1.82, 2.24) is 9.47 Å². The summed E-state index contributed by atoms with van der Waals surface area (Å²) in [5, 5.41) is 0. The largest absolute Gasteiger partial charge is 0.345 e. The second-order valence-electron chi connectivity index (χ2n) is 4.09. The van der Waals surface area contributed by atoms with E-state index in [9.17, 15) is 4.79 Å². The van der Waals surface area contributed by atoms with Gasteiger partial charge < -0.3 is 9.47 Å². The van der Waals surface area contributed by atoms with Gasteiger partial charge in [0, 0.05) is 26.0 Å². The third-order valence-electron chi connectivity index (χ3n) is 2.67. The number of hydrogen-bond donors (Lipinski definition) is 0. The van der Waals surface area contributed by atoms with E-state index in [0.29, 0.717) is 13.1 Å². The van der Waals surface area contributed by atoms with Crippen molar-refractivity contribution in [3.63, 3.8) is 0 Å². The zero-order valence-electron chi connectivity index (χ0n) is 9.91. The highest BCUT2D eigenvalue weighted by molar-refractivity contribution is 5.75. The zero-order valence-corrected chi connectivity index (χ0v) is 9.91. The van der Waals surface area contributed by atoms with Crippen molar-refractivity contribution in [2.75, 3.05) is 7.05 Å². The minimum atomic E-state index is 0.116. The second-order valence-corrected chi connectivity index (χ2v) is 4.09. The Labute approximate surface area is 101 Å². The first-order valence-corrected chi connectivity index (χ1v) is 5.64. The first-order chi connectivity index (χ1) is 8.25. The van der Waals surface area contributed by atoms with Crippen LogP contribution in [0, 0.1) is 0 Å². The number of nitrogens with zero attached hydrogens (tertiary/aromatic N) is 2. The van der Waals surface area contributed by atoms with Gasteiger partial charge in [0.05, 0.1) is 0 Å². The molecular weight excluding hydrogens is 212 g/mol. The maximum absolute atomic E-state index is 11.9. The number of carbonyl (C=O) groups excluding carboxylic acids is 1. The summed E-state index contributed by atoms with van der Waals surface area (Å²) in [6.07, 6.45) is 3.79. The molecule has 0 fully saturated rings. The topological polar surface area (TPSA) is 25.2 Å². The normalized spacial score (nSPS) is 10.2. The zero-order chi connectivity index (χ0) is 12.1. The predicted molar refractivity (Wildman–Crippen MR) is 67.3 cm³/mol. The molecule has 88 valence electrons. The molecule has 2 aromatic rings. The Kier molecular flexibility index (Phi) is 3.60. The van der Waals surface area contributed by atoms with Gasteiger partial charge in [0.25, 0.3) is 0 Å². The van der Waals surface area contributed by atoms with Crippen LogP contribution in [0.15, 0.2) is 54.9 Å². The third-order valence-corrected chi connectivity index (χ3v) is 2.67. The first kappa shape index (κ1) is 11.5. The molecule has 1 aromatic heterocycles. The van der Waals surface area contributed by atoms with E-state index in [-0.39, 0.29) is 5.91 Å². The summed E-state index contributed by atoms with van der Waals surface area (Å²) < 4.78 is 1.88. The van der Waals surface area contributed by atoms with Gasteiger partial charge >= 0.3 is 0 Å². The van der Waals surface area contributed by atoms with E-state index in [1.807, 2.05) is 66.5 Å². The molecule has 3 nitrogen and oxygen atoms in total. The summed E-state index contributed by atoms with van der Waals surface area (Å²) in [7, 11) is 1.83. The van der Waals surface area contributed by atoms with Crippen LogP contribution in [0.4, 0.5) is 0 Å². The summed E-state index contributed by atoms with van der Waals surface area (Å²) in [6, 6.07) is 13.8. The number of amides is 1. The number of aromatic nitrogens is 1. The van der Waals surface area contributed by atoms with E-state index in [4.69, 9.17) is 0 Å². The molecule has 0 bridgehead atoms. The molecule has 2 rings (SSSR count). The molecule has 0 aliphatic rings. The van der Waals surface area contributed by atoms with Crippen molar-refractivity contribution < 1.29 is 4.79 Å². The lowest BCUT2D eigenvalue weighted by Crippen LogP contribution is -2.29. The smallest absolute Gasteiger partial charge is 0.242 e. The Bertz CT molecular complexity index is 462. The highest BCUT2D eigenvalue weighted by Crippen LogP contribution is 2.03. The molecule has 1 heterocycles. The van der Waals surface area contributed by atoms with E-state index in [1.54, 1.807) is 4.90 Å². The van der Waals surface area contributed by atoms with Gasteiger partial charge in [0.2, 0.25) is 5.91 Å². The maximum Gasteiger partial charge on any atom is 0.242 e. The molecule has 0 atom stereocenters. The third kappa shape index (κ3) is 3.21. The highest BCUT2D eigenvalue weighted by atomic mass is 16.2. The number of hydrogen-bond acceptors (Lipinski definition) is 1. The van der Waals surface area contributed by atoms with Gasteiger partial charge in [-0.2, -0.15) is 0 Å². The van der Waals surface area contributed by atoms with Crippen molar-refractivity contribution in [2.24, 2.45) is 0 Å². The standard InChI is InChI=1S/C14H16N2O/c1-15(11-13-7-3-2-4-8-13)14(17)12-16-9-5-6-10-16/h2-10H,11-12H2,1H3. The number of benzene rings is 1. The quantitative estimate of drug-likeness (QED) is 0.787. The Hall–Kier alpha value is -2.03. The van der Waals surface area contributed by atoms with Crippen LogP contribution in [0.25, 0.3) is 0 Å². The van der Waals surface area contributed by atoms with Gasteiger partial charge in [0.1, 0.15) is 6.54 Å². The average Bonchev–Trinajstić information content (AvgIpc) is 2.83. The van der Waals surface area contributed by atoms with Crippen LogP contribution >= 0.6 is 0 Å². The van der Waals surface area contributed by atoms with E-state index in [0.717, 1.165) is 5.56 Å². The summed E-state index contributed by atoms with van der Waals surface area (Å²) >= 11 is 0. The fraction of sp³-hybridized carbons (Fsp3) is 0.214. The van der Waals surface area contributed by atoms with Crippen molar-refractivity contribution >= 4 is 5.91 Å². The van der Waals surface area contributed by atoms with E-state index in [2.05, 4.69) is 0 Å². The van der Waals surface area contributed by atoms with Crippen molar-refractivity contribution in [2.45, 2.75) is 13.1 Å². The van der Waals surface area contributed by atoms with Gasteiger partial charge in [-0.05, 0) is 17.7 Å². The van der Waals surface area contributed by atoms with Crippen molar-refractivity contribution in [1.29, 1.82) is 0 Å². The average molecular weight is 228 g/mol. The highest BCUT2D eigenvalue weighted by Gasteiger charge is 2.08. The van der Waals surface area contributed by atoms with Crippen LogP contribution < -0.4 is 0 Å². The molecule has 3 heteroatoms. The van der Waals surface area contributed by atoms with Gasteiger partial charge in [-0.1, -0.05) is 30.3 Å². The summed E-state index contributed by atoms with van der Waals surface area (Å²) in [5.74, 6) is 0.116. The van der Waals surface area contributed by atoms with Crippen molar-refractivity contribution in [3.8, 4) is 0 Å². The molecule has 0 radical (unpaired) electrons. The summed E-state index contributed by atoms with van der Waals surface area (Å²) in [4.78, 5) is 13.7. The minimum Gasteiger partial charge on any atom is -0.345 e. The van der Waals surface area contributed by atoms with Crippen LogP contribution in [0.3, 0.4) is 0 Å². The van der Waals surface area contributed by atoms with E-state index >= 15 is 0 Å². The predicted octanol–water partition coefficient (Wildman–Crippen LogP) is 2.15. The van der Waals surface area contributed by atoms with E-state index < -0.39 is 0 Å². The van der Waals surface area contributed by atoms with Gasteiger partial charge in [0.15, 0.2) is 0 Å². The Balaban J connectivity index is 1.92. The molecule has 0 unspecified atom stereocenters. The fourth-order valence-electron chi connectivity index (χ4n) is 1.70. The minimum absolute atomic E-state index is 0.116. The Morgan fingerprint density at radius 2 is 1.76 bits per heavy atom. The van der Waals surface area contributed by atoms with E-state index in [1.165, 1.54) is 0 Å². The number of rotatable bonds is 4. The van der Waals surface area contributed by atoms with Crippen LogP contribution in [0.1, 0.15) is 5.56 Å². The first-order valence-electron chi connectivity index (χ1n) is 5.64. The van der Waals surface area contributed by atoms with Crippen LogP contribution in [0.5, 0.6) is 0 Å². The maximum atomic E-state index is 11.9. The summed E-state index contributed by atoms with van der Waals surface area (Å²) in [5.41, 5.74) is 1.15. The number of carbonyl (C=O) groups is 1. The van der Waals surface area contributed by atoms with Crippen LogP contribution in [-0.4, -0.2) is 22.4 Å². The lowest BCUT2D eigenvalue weighted by Gasteiger charge is -2.17. The molecule has 1 aromatic carbocycles. The molecule has 0 aliphatic heterocycles. The molecule has 0 saturated heterocycles. The molecular formula is C14H16N2O. The molecule has 0 spiro atoms. The lowest BCUT2D eigenvalue weighted by molar-refractivity contribution is -0.131. The lowest BCUT2D eigenvalue weighted by atomic mass is 10.2. The van der Waals surface area contributed by atoms with Crippen LogP contribution in [-0.2, 0) is 17.9 Å². The van der Waals surface area contributed by atoms with Gasteiger partial charge in [-0.25, -0.2) is 0 Å². The van der Waals surface area contributed by atoms with Gasteiger partial charge in [-0.15, -0.1) is 0 Å². The molecule has 0 aliphatic carbocycles. The number of likely N-dealkylation sites (N-methyl/N-ethyl adjacent to an activating group) is 1. The molecule has 1 amide bonds. The molecule has 0 N–H and O–H groups in total. The second kappa shape index (κ2) is 5.34. The monoisotopic (exact) mass is 228 g/mol. The fourth-order valence-corrected chi connectivity index (χ4v) is 1.70. The van der Waals surface area contributed by atoms with Crippen molar-refractivity contribution in [3.05, 3.63) is 60.4 Å². The van der Waals surface area contributed by atoms with Gasteiger partial charge in [-0.3, -0.25) is 4.79 Å². The summed E-state index contributed by atoms with van der Waals surface area (Å²) in [6.45, 7) is 1.05.